The standard InChI is InChI=1S/C28H25N3O4S/c1-17-6-4-8-20(14-17)29-24(32)16-36-28-22-15-19-7-5-9-23(34-3)25(19)35-27(22)30-26(31-28)18-10-12-21(33-2)13-11-18/h4-14H,15-16H2,1-3H3,(H,29,32). The number of nitrogens with one attached hydrogen (secondary N) is 1. The number of anilines is 1. The second-order valence-corrected chi connectivity index (χ2v) is 9.26. The highest BCUT2D eigenvalue weighted by molar-refractivity contribution is 8.00. The molecule has 1 N–H and O–H groups in total. The second kappa shape index (κ2) is 10.3. The van der Waals surface area contributed by atoms with Gasteiger partial charge in [0, 0.05) is 23.2 Å². The van der Waals surface area contributed by atoms with Crippen LogP contribution in [0.2, 0.25) is 0 Å². The number of aromatic nitrogens is 2. The molecule has 0 saturated carbocycles. The van der Waals surface area contributed by atoms with Gasteiger partial charge in [-0.15, -0.1) is 0 Å². The lowest BCUT2D eigenvalue weighted by Gasteiger charge is -2.23. The van der Waals surface area contributed by atoms with E-state index in [4.69, 9.17) is 24.2 Å². The first-order valence-corrected chi connectivity index (χ1v) is 12.4. The largest absolute Gasteiger partial charge is 0.497 e. The molecule has 36 heavy (non-hydrogen) atoms. The van der Waals surface area contributed by atoms with E-state index in [2.05, 4.69) is 5.32 Å². The van der Waals surface area contributed by atoms with E-state index >= 15 is 0 Å². The normalized spacial score (nSPS) is 11.6. The molecule has 1 amide bonds. The van der Waals surface area contributed by atoms with Crippen LogP contribution in [0, 0.1) is 6.92 Å². The van der Waals surface area contributed by atoms with Crippen molar-refractivity contribution >= 4 is 23.4 Å². The number of aryl methyl sites for hydroxylation is 1. The summed E-state index contributed by atoms with van der Waals surface area (Å²) in [6.45, 7) is 1.99. The van der Waals surface area contributed by atoms with Crippen molar-refractivity contribution in [1.82, 2.24) is 9.97 Å². The van der Waals surface area contributed by atoms with Crippen LogP contribution in [0.1, 0.15) is 16.7 Å². The molecule has 0 spiro atoms. The summed E-state index contributed by atoms with van der Waals surface area (Å²) in [5.74, 6) is 3.11. The lowest BCUT2D eigenvalue weighted by molar-refractivity contribution is -0.113. The number of hydrogen-bond donors (Lipinski definition) is 1. The van der Waals surface area contributed by atoms with Crippen molar-refractivity contribution in [1.29, 1.82) is 0 Å². The summed E-state index contributed by atoms with van der Waals surface area (Å²) in [4.78, 5) is 22.3. The minimum Gasteiger partial charge on any atom is -0.497 e. The van der Waals surface area contributed by atoms with Crippen molar-refractivity contribution in [3.05, 3.63) is 83.4 Å². The molecular weight excluding hydrogens is 474 g/mol. The first-order valence-electron chi connectivity index (χ1n) is 11.4. The lowest BCUT2D eigenvalue weighted by Crippen LogP contribution is -2.15. The third kappa shape index (κ3) is 4.99. The molecule has 0 bridgehead atoms. The number of amides is 1. The van der Waals surface area contributed by atoms with Crippen LogP contribution in [-0.2, 0) is 11.2 Å². The number of benzene rings is 3. The molecule has 0 atom stereocenters. The molecule has 4 aromatic rings. The van der Waals surface area contributed by atoms with Gasteiger partial charge in [-0.05, 0) is 55.0 Å². The molecule has 1 aliphatic heterocycles. The Morgan fingerprint density at radius 3 is 2.58 bits per heavy atom. The number of rotatable bonds is 7. The van der Waals surface area contributed by atoms with E-state index in [9.17, 15) is 4.79 Å². The zero-order valence-electron chi connectivity index (χ0n) is 20.2. The molecule has 5 rings (SSSR count). The van der Waals surface area contributed by atoms with E-state index in [1.807, 2.05) is 73.7 Å². The van der Waals surface area contributed by atoms with E-state index in [1.165, 1.54) is 11.8 Å². The molecule has 2 heterocycles. The number of thioether (sulfide) groups is 1. The van der Waals surface area contributed by atoms with Gasteiger partial charge in [0.2, 0.25) is 11.8 Å². The Bertz CT molecular complexity index is 1420. The summed E-state index contributed by atoms with van der Waals surface area (Å²) < 4.78 is 17.0. The summed E-state index contributed by atoms with van der Waals surface area (Å²) in [6, 6.07) is 21.0. The van der Waals surface area contributed by atoms with Gasteiger partial charge in [0.25, 0.3) is 0 Å². The summed E-state index contributed by atoms with van der Waals surface area (Å²) in [5, 5.41) is 3.66. The Morgan fingerprint density at radius 2 is 1.83 bits per heavy atom. The molecule has 0 aliphatic carbocycles. The van der Waals surface area contributed by atoms with Gasteiger partial charge >= 0.3 is 0 Å². The maximum absolute atomic E-state index is 12.7. The van der Waals surface area contributed by atoms with E-state index in [1.54, 1.807) is 14.2 Å². The number of ether oxygens (including phenoxy) is 3. The molecular formula is C28H25N3O4S. The Balaban J connectivity index is 1.46. The molecule has 0 unspecified atom stereocenters. The number of methoxy groups -OCH3 is 2. The van der Waals surface area contributed by atoms with Gasteiger partial charge in [0.05, 0.1) is 25.5 Å². The highest BCUT2D eigenvalue weighted by Crippen LogP contribution is 2.44. The maximum Gasteiger partial charge on any atom is 0.234 e. The van der Waals surface area contributed by atoms with E-state index < -0.39 is 0 Å². The fraction of sp³-hybridized carbons (Fsp3) is 0.179. The van der Waals surface area contributed by atoms with E-state index in [-0.39, 0.29) is 11.7 Å². The average molecular weight is 500 g/mol. The molecule has 182 valence electrons. The van der Waals surface area contributed by atoms with Crippen molar-refractivity contribution in [2.75, 3.05) is 25.3 Å². The van der Waals surface area contributed by atoms with Crippen molar-refractivity contribution in [3.63, 3.8) is 0 Å². The minimum atomic E-state index is -0.109. The second-order valence-electron chi connectivity index (χ2n) is 8.30. The molecule has 8 heteroatoms. The van der Waals surface area contributed by atoms with Crippen molar-refractivity contribution < 1.29 is 19.0 Å². The first-order chi connectivity index (χ1) is 17.5. The fourth-order valence-corrected chi connectivity index (χ4v) is 4.81. The summed E-state index contributed by atoms with van der Waals surface area (Å²) in [6.07, 6.45) is 0.576. The molecule has 1 aliphatic rings. The van der Waals surface area contributed by atoms with Crippen LogP contribution >= 0.6 is 11.8 Å². The van der Waals surface area contributed by atoms with Gasteiger partial charge < -0.3 is 19.5 Å². The van der Waals surface area contributed by atoms with Gasteiger partial charge in [-0.2, -0.15) is 4.98 Å². The Kier molecular flexibility index (Phi) is 6.77. The zero-order valence-corrected chi connectivity index (χ0v) is 21.0. The summed E-state index contributed by atoms with van der Waals surface area (Å²) in [5.41, 5.74) is 4.50. The van der Waals surface area contributed by atoms with Crippen molar-refractivity contribution in [2.24, 2.45) is 0 Å². The van der Waals surface area contributed by atoms with Crippen LogP contribution in [0.15, 0.2) is 71.8 Å². The number of carbonyl (C=O) groups is 1. The maximum atomic E-state index is 12.7. The topological polar surface area (TPSA) is 82.6 Å². The predicted octanol–water partition coefficient (Wildman–Crippen LogP) is 5.90. The molecule has 0 saturated heterocycles. The van der Waals surface area contributed by atoms with Crippen LogP contribution in [0.3, 0.4) is 0 Å². The van der Waals surface area contributed by atoms with Gasteiger partial charge in [0.15, 0.2) is 17.3 Å². The van der Waals surface area contributed by atoms with Gasteiger partial charge in [-0.1, -0.05) is 36.0 Å². The summed E-state index contributed by atoms with van der Waals surface area (Å²) >= 11 is 1.37. The third-order valence-electron chi connectivity index (χ3n) is 5.77. The SMILES string of the molecule is COc1ccc(-c2nc3c(c(SCC(=O)Nc4cccc(C)c4)n2)Cc2cccc(OC)c2O3)cc1. The van der Waals surface area contributed by atoms with Crippen LogP contribution in [0.5, 0.6) is 23.1 Å². The summed E-state index contributed by atoms with van der Waals surface area (Å²) in [7, 11) is 3.24. The zero-order chi connectivity index (χ0) is 25.1. The minimum absolute atomic E-state index is 0.109. The molecule has 0 radical (unpaired) electrons. The van der Waals surface area contributed by atoms with Gasteiger partial charge in [0.1, 0.15) is 10.8 Å². The van der Waals surface area contributed by atoms with Crippen LogP contribution < -0.4 is 19.5 Å². The Morgan fingerprint density at radius 1 is 1.03 bits per heavy atom. The van der Waals surface area contributed by atoms with Crippen LogP contribution in [0.4, 0.5) is 5.69 Å². The number of nitrogens with zero attached hydrogens (tertiary/aromatic N) is 2. The van der Waals surface area contributed by atoms with E-state index in [0.29, 0.717) is 34.7 Å². The average Bonchev–Trinajstić information content (AvgIpc) is 2.90. The first kappa shape index (κ1) is 23.7. The van der Waals surface area contributed by atoms with Gasteiger partial charge in [-0.3, -0.25) is 4.79 Å². The molecule has 1 aromatic heterocycles. The Hall–Kier alpha value is -4.04. The van der Waals surface area contributed by atoms with Crippen LogP contribution in [-0.4, -0.2) is 35.8 Å². The van der Waals surface area contributed by atoms with Crippen molar-refractivity contribution in [2.45, 2.75) is 18.4 Å². The lowest BCUT2D eigenvalue weighted by atomic mass is 10.0. The number of carbonyl (C=O) groups excluding carboxylic acids is 1. The number of para-hydroxylation sites is 1. The third-order valence-corrected chi connectivity index (χ3v) is 6.79. The predicted molar refractivity (Wildman–Crippen MR) is 140 cm³/mol. The monoisotopic (exact) mass is 499 g/mol. The smallest absolute Gasteiger partial charge is 0.234 e. The number of fused-ring (bicyclic) bond motifs is 2. The van der Waals surface area contributed by atoms with E-state index in [0.717, 1.165) is 33.7 Å². The van der Waals surface area contributed by atoms with Crippen LogP contribution in [0.25, 0.3) is 11.4 Å². The fourth-order valence-electron chi connectivity index (χ4n) is 3.99. The molecule has 3 aromatic carbocycles. The number of hydrogen-bond acceptors (Lipinski definition) is 7. The van der Waals surface area contributed by atoms with Gasteiger partial charge in [-0.25, -0.2) is 4.98 Å². The Labute approximate surface area is 213 Å². The highest BCUT2D eigenvalue weighted by atomic mass is 32.2. The highest BCUT2D eigenvalue weighted by Gasteiger charge is 2.26. The quantitative estimate of drug-likeness (QED) is 0.221. The molecule has 7 nitrogen and oxygen atoms in total. The van der Waals surface area contributed by atoms with Crippen molar-refractivity contribution in [3.8, 4) is 34.5 Å². The molecule has 0 fully saturated rings.